The lowest BCUT2D eigenvalue weighted by atomic mass is 10.3. The Morgan fingerprint density at radius 2 is 2.33 bits per heavy atom. The van der Waals surface area contributed by atoms with E-state index in [0.717, 1.165) is 0 Å². The molecule has 0 atom stereocenters. The van der Waals surface area contributed by atoms with Crippen LogP contribution >= 0.6 is 0 Å². The normalized spacial score (nSPS) is 9.08. The Balaban J connectivity index is 2.79. The van der Waals surface area contributed by atoms with E-state index in [1.807, 2.05) is 0 Å². The van der Waals surface area contributed by atoms with Crippen LogP contribution in [0.5, 0.6) is 5.75 Å². The highest BCUT2D eigenvalue weighted by Crippen LogP contribution is 2.16. The highest BCUT2D eigenvalue weighted by molar-refractivity contribution is 5.83. The van der Waals surface area contributed by atoms with Crippen molar-refractivity contribution in [1.29, 1.82) is 0 Å². The molecule has 0 unspecified atom stereocenters. The lowest BCUT2D eigenvalue weighted by Crippen LogP contribution is -2.06. The molecule has 2 N–H and O–H groups in total. The molecule has 64 valence electrons. The second-order valence-electron chi connectivity index (χ2n) is 2.16. The summed E-state index contributed by atoms with van der Waals surface area (Å²) in [4.78, 5) is 10.2. The van der Waals surface area contributed by atoms with Crippen molar-refractivity contribution in [2.45, 2.75) is 0 Å². The summed E-state index contributed by atoms with van der Waals surface area (Å²) in [6, 6.07) is 6.71. The molecule has 1 aromatic rings. The van der Waals surface area contributed by atoms with Crippen LogP contribution in [0.2, 0.25) is 0 Å². The molecule has 1 rings (SSSR count). The topological polar surface area (TPSA) is 58.6 Å². The van der Waals surface area contributed by atoms with Gasteiger partial charge in [-0.3, -0.25) is 5.32 Å². The van der Waals surface area contributed by atoms with Crippen LogP contribution in [0, 0.1) is 0 Å². The first-order valence-electron chi connectivity index (χ1n) is 3.36. The first kappa shape index (κ1) is 8.39. The van der Waals surface area contributed by atoms with Gasteiger partial charge in [0, 0.05) is 11.8 Å². The third kappa shape index (κ3) is 2.16. The van der Waals surface area contributed by atoms with Gasteiger partial charge in [-0.15, -0.1) is 0 Å². The first-order valence-corrected chi connectivity index (χ1v) is 3.36. The van der Waals surface area contributed by atoms with Crippen LogP contribution in [0.1, 0.15) is 0 Å². The van der Waals surface area contributed by atoms with E-state index >= 15 is 0 Å². The minimum Gasteiger partial charge on any atom is -0.497 e. The van der Waals surface area contributed by atoms with Gasteiger partial charge in [0.1, 0.15) is 5.75 Å². The number of methoxy groups -OCH3 is 1. The molecule has 0 radical (unpaired) electrons. The summed E-state index contributed by atoms with van der Waals surface area (Å²) in [6.45, 7) is 0. The summed E-state index contributed by atoms with van der Waals surface area (Å²) in [5.74, 6) is 0.626. The van der Waals surface area contributed by atoms with E-state index in [4.69, 9.17) is 9.84 Å². The van der Waals surface area contributed by atoms with Crippen LogP contribution in [0.15, 0.2) is 24.3 Å². The van der Waals surface area contributed by atoms with E-state index in [1.165, 1.54) is 7.11 Å². The molecular formula is C8H9NO3. The lowest BCUT2D eigenvalue weighted by Gasteiger charge is -2.02. The van der Waals surface area contributed by atoms with Gasteiger partial charge in [-0.25, -0.2) is 4.79 Å². The van der Waals surface area contributed by atoms with Crippen LogP contribution in [-0.2, 0) is 0 Å². The Morgan fingerprint density at radius 3 is 2.92 bits per heavy atom. The van der Waals surface area contributed by atoms with Crippen LogP contribution in [0.4, 0.5) is 10.5 Å². The molecule has 0 saturated heterocycles. The highest BCUT2D eigenvalue weighted by Gasteiger charge is 1.97. The maximum atomic E-state index is 10.2. The monoisotopic (exact) mass is 167 g/mol. The molecule has 0 aliphatic heterocycles. The second-order valence-corrected chi connectivity index (χ2v) is 2.16. The van der Waals surface area contributed by atoms with Crippen molar-refractivity contribution < 1.29 is 14.6 Å². The van der Waals surface area contributed by atoms with Gasteiger partial charge in [-0.05, 0) is 12.1 Å². The quantitative estimate of drug-likeness (QED) is 0.705. The first-order chi connectivity index (χ1) is 5.72. The number of hydrogen-bond donors (Lipinski definition) is 2. The molecule has 0 aliphatic rings. The summed E-state index contributed by atoms with van der Waals surface area (Å²) in [5, 5.41) is 10.6. The third-order valence-electron chi connectivity index (χ3n) is 1.32. The van der Waals surface area contributed by atoms with Crippen molar-refractivity contribution in [3.8, 4) is 5.75 Å². The van der Waals surface area contributed by atoms with E-state index < -0.39 is 6.09 Å². The van der Waals surface area contributed by atoms with E-state index in [2.05, 4.69) is 5.32 Å². The fourth-order valence-corrected chi connectivity index (χ4v) is 0.824. The number of anilines is 1. The van der Waals surface area contributed by atoms with E-state index in [0.29, 0.717) is 11.4 Å². The van der Waals surface area contributed by atoms with Gasteiger partial charge >= 0.3 is 6.09 Å². The summed E-state index contributed by atoms with van der Waals surface area (Å²) in [6.07, 6.45) is -1.08. The molecule has 0 fully saturated rings. The molecule has 1 aromatic carbocycles. The predicted molar refractivity (Wildman–Crippen MR) is 44.6 cm³/mol. The zero-order valence-corrected chi connectivity index (χ0v) is 6.57. The number of benzene rings is 1. The molecule has 4 nitrogen and oxygen atoms in total. The average molecular weight is 167 g/mol. The summed E-state index contributed by atoms with van der Waals surface area (Å²) in [7, 11) is 1.53. The number of rotatable bonds is 2. The molecule has 0 aromatic heterocycles. The Kier molecular flexibility index (Phi) is 2.53. The van der Waals surface area contributed by atoms with Crippen molar-refractivity contribution in [2.24, 2.45) is 0 Å². The second kappa shape index (κ2) is 3.61. The van der Waals surface area contributed by atoms with Gasteiger partial charge in [0.15, 0.2) is 0 Å². The number of carbonyl (C=O) groups is 1. The number of carboxylic acid groups (broad SMARTS) is 1. The van der Waals surface area contributed by atoms with Gasteiger partial charge < -0.3 is 9.84 Å². The van der Waals surface area contributed by atoms with Crippen molar-refractivity contribution in [2.75, 3.05) is 12.4 Å². The van der Waals surface area contributed by atoms with Crippen molar-refractivity contribution >= 4 is 11.8 Å². The molecule has 4 heteroatoms. The van der Waals surface area contributed by atoms with Gasteiger partial charge in [0.05, 0.1) is 7.11 Å². The molecule has 1 amide bonds. The number of nitrogens with one attached hydrogen (secondary N) is 1. The molecule has 0 aliphatic carbocycles. The summed E-state index contributed by atoms with van der Waals surface area (Å²) in [5.41, 5.74) is 0.502. The van der Waals surface area contributed by atoms with Crippen molar-refractivity contribution in [1.82, 2.24) is 0 Å². The Bertz CT molecular complexity index is 285. The Labute approximate surface area is 69.8 Å². The minimum absolute atomic E-state index is 0.502. The van der Waals surface area contributed by atoms with E-state index in [9.17, 15) is 4.79 Å². The minimum atomic E-state index is -1.08. The maximum absolute atomic E-state index is 10.2. The van der Waals surface area contributed by atoms with Crippen LogP contribution < -0.4 is 10.1 Å². The van der Waals surface area contributed by atoms with E-state index in [-0.39, 0.29) is 0 Å². The summed E-state index contributed by atoms with van der Waals surface area (Å²) < 4.78 is 4.90. The summed E-state index contributed by atoms with van der Waals surface area (Å²) >= 11 is 0. The van der Waals surface area contributed by atoms with Gasteiger partial charge in [-0.2, -0.15) is 0 Å². The smallest absolute Gasteiger partial charge is 0.409 e. The number of ether oxygens (including phenoxy) is 1. The highest BCUT2D eigenvalue weighted by atomic mass is 16.5. The van der Waals surface area contributed by atoms with E-state index in [1.54, 1.807) is 24.3 Å². The number of amides is 1. The molecule has 12 heavy (non-hydrogen) atoms. The van der Waals surface area contributed by atoms with Crippen LogP contribution in [-0.4, -0.2) is 18.3 Å². The third-order valence-corrected chi connectivity index (χ3v) is 1.32. The Morgan fingerprint density at radius 1 is 1.58 bits per heavy atom. The maximum Gasteiger partial charge on any atom is 0.409 e. The fourth-order valence-electron chi connectivity index (χ4n) is 0.824. The van der Waals surface area contributed by atoms with Gasteiger partial charge in [0.25, 0.3) is 0 Å². The molecule has 0 bridgehead atoms. The fraction of sp³-hybridized carbons (Fsp3) is 0.125. The molecule has 0 saturated carbocycles. The SMILES string of the molecule is COc1cccc(NC(=O)O)c1. The average Bonchev–Trinajstić information content (AvgIpc) is 2.03. The van der Waals surface area contributed by atoms with Gasteiger partial charge in [0.2, 0.25) is 0 Å². The standard InChI is InChI=1S/C8H9NO3/c1-12-7-4-2-3-6(5-7)9-8(10)11/h2-5,9H,1H3,(H,10,11). The Hall–Kier alpha value is -1.71. The van der Waals surface area contributed by atoms with Crippen molar-refractivity contribution in [3.63, 3.8) is 0 Å². The lowest BCUT2D eigenvalue weighted by molar-refractivity contribution is 0.210. The zero-order chi connectivity index (χ0) is 8.97. The van der Waals surface area contributed by atoms with Gasteiger partial charge in [-0.1, -0.05) is 6.07 Å². The largest absolute Gasteiger partial charge is 0.497 e. The molecule has 0 spiro atoms. The van der Waals surface area contributed by atoms with Crippen LogP contribution in [0.25, 0.3) is 0 Å². The molecular weight excluding hydrogens is 158 g/mol. The number of hydrogen-bond acceptors (Lipinski definition) is 2. The van der Waals surface area contributed by atoms with Crippen molar-refractivity contribution in [3.05, 3.63) is 24.3 Å². The molecule has 0 heterocycles. The zero-order valence-electron chi connectivity index (χ0n) is 6.57. The van der Waals surface area contributed by atoms with Crippen LogP contribution in [0.3, 0.4) is 0 Å². The predicted octanol–water partition coefficient (Wildman–Crippen LogP) is 1.79.